The summed E-state index contributed by atoms with van der Waals surface area (Å²) in [5.41, 5.74) is 0.699. The average molecular weight is 362 g/mol. The first-order chi connectivity index (χ1) is 12.3. The summed E-state index contributed by atoms with van der Waals surface area (Å²) in [6, 6.07) is 5.94. The highest BCUT2D eigenvalue weighted by Gasteiger charge is 2.19. The van der Waals surface area contributed by atoms with E-state index in [-0.39, 0.29) is 11.9 Å². The van der Waals surface area contributed by atoms with E-state index >= 15 is 0 Å². The van der Waals surface area contributed by atoms with Gasteiger partial charge in [-0.1, -0.05) is 16.9 Å². The molecule has 4 rings (SSSR count). The molecule has 3 aromatic rings. The molecule has 1 fully saturated rings. The maximum Gasteiger partial charge on any atom is 0.237 e. The molecule has 130 valence electrons. The van der Waals surface area contributed by atoms with Gasteiger partial charge in [-0.25, -0.2) is 9.07 Å². The largest absolute Gasteiger partial charge is 0.376 e. The van der Waals surface area contributed by atoms with Crippen molar-refractivity contribution < 1.29 is 13.7 Å². The van der Waals surface area contributed by atoms with Gasteiger partial charge in [0.15, 0.2) is 0 Å². The van der Waals surface area contributed by atoms with Crippen LogP contribution in [0.5, 0.6) is 0 Å². The number of benzene rings is 1. The van der Waals surface area contributed by atoms with Gasteiger partial charge < -0.3 is 9.26 Å². The molecule has 1 atom stereocenters. The monoisotopic (exact) mass is 362 g/mol. The van der Waals surface area contributed by atoms with Crippen molar-refractivity contribution in [2.45, 2.75) is 36.4 Å². The van der Waals surface area contributed by atoms with Crippen molar-refractivity contribution in [1.82, 2.24) is 30.3 Å². The number of hydrogen-bond acceptors (Lipinski definition) is 8. The Hall–Kier alpha value is -2.33. The summed E-state index contributed by atoms with van der Waals surface area (Å²) in [6.45, 7) is 1.43. The summed E-state index contributed by atoms with van der Waals surface area (Å²) in [6.07, 6.45) is 2.26. The molecule has 0 N–H and O–H groups in total. The average Bonchev–Trinajstić information content (AvgIpc) is 3.36. The van der Waals surface area contributed by atoms with E-state index in [0.717, 1.165) is 19.4 Å². The first kappa shape index (κ1) is 16.2. The van der Waals surface area contributed by atoms with Gasteiger partial charge in [-0.05, 0) is 47.5 Å². The fraction of sp³-hybridized carbons (Fsp3) is 0.400. The molecule has 0 aliphatic carbocycles. The molecule has 0 bridgehead atoms. The van der Waals surface area contributed by atoms with Crippen LogP contribution >= 0.6 is 11.8 Å². The van der Waals surface area contributed by atoms with E-state index in [4.69, 9.17) is 9.26 Å². The molecule has 0 spiro atoms. The third kappa shape index (κ3) is 3.85. The molecule has 1 aliphatic rings. The summed E-state index contributed by atoms with van der Waals surface area (Å²) in [5.74, 6) is 1.02. The Morgan fingerprint density at radius 1 is 1.28 bits per heavy atom. The van der Waals surface area contributed by atoms with Crippen LogP contribution in [0.25, 0.3) is 11.4 Å². The number of aromatic nitrogens is 6. The lowest BCUT2D eigenvalue weighted by Gasteiger charge is -2.09. The Bertz CT molecular complexity index is 831. The van der Waals surface area contributed by atoms with E-state index in [0.29, 0.717) is 34.7 Å². The van der Waals surface area contributed by atoms with Crippen LogP contribution in [0, 0.1) is 5.82 Å². The molecule has 3 heterocycles. The van der Waals surface area contributed by atoms with Crippen molar-refractivity contribution in [1.29, 1.82) is 0 Å². The number of ether oxygens (including phenoxy) is 1. The van der Waals surface area contributed by atoms with Crippen LogP contribution in [0.15, 0.2) is 33.9 Å². The molecule has 25 heavy (non-hydrogen) atoms. The Morgan fingerprint density at radius 3 is 2.96 bits per heavy atom. The standard InChI is InChI=1S/C15H15FN6O2S/c16-11-5-3-10(4-6-11)14-17-13(24-19-14)9-25-15-18-20-21-22(15)8-12-2-1-7-23-12/h3-6,12H,1-2,7-9H2/t12-/m0/s1. The minimum atomic E-state index is -0.305. The van der Waals surface area contributed by atoms with Gasteiger partial charge in [0.25, 0.3) is 0 Å². The molecule has 0 radical (unpaired) electrons. The first-order valence-corrected chi connectivity index (χ1v) is 8.85. The quantitative estimate of drug-likeness (QED) is 0.617. The predicted octanol–water partition coefficient (Wildman–Crippen LogP) is 2.33. The summed E-state index contributed by atoms with van der Waals surface area (Å²) >= 11 is 1.42. The molecule has 0 unspecified atom stereocenters. The van der Waals surface area contributed by atoms with Gasteiger partial charge in [-0.3, -0.25) is 0 Å². The zero-order valence-corrected chi connectivity index (χ0v) is 14.0. The lowest BCUT2D eigenvalue weighted by molar-refractivity contribution is 0.0912. The third-order valence-corrected chi connectivity index (χ3v) is 4.74. The SMILES string of the molecule is Fc1ccc(-c2noc(CSc3nnnn3C[C@@H]3CCCO3)n2)cc1. The maximum absolute atomic E-state index is 13.0. The van der Waals surface area contributed by atoms with Crippen LogP contribution in [0.2, 0.25) is 0 Å². The van der Waals surface area contributed by atoms with Crippen LogP contribution < -0.4 is 0 Å². The molecule has 2 aromatic heterocycles. The van der Waals surface area contributed by atoms with Gasteiger partial charge >= 0.3 is 0 Å². The number of nitrogens with zero attached hydrogens (tertiary/aromatic N) is 6. The fourth-order valence-electron chi connectivity index (χ4n) is 2.55. The highest BCUT2D eigenvalue weighted by atomic mass is 32.2. The van der Waals surface area contributed by atoms with Crippen LogP contribution in [-0.2, 0) is 17.0 Å². The van der Waals surface area contributed by atoms with Gasteiger partial charge in [0.2, 0.25) is 16.9 Å². The van der Waals surface area contributed by atoms with Crippen LogP contribution in [0.3, 0.4) is 0 Å². The maximum atomic E-state index is 13.0. The Morgan fingerprint density at radius 2 is 2.16 bits per heavy atom. The zero-order valence-electron chi connectivity index (χ0n) is 13.2. The van der Waals surface area contributed by atoms with Gasteiger partial charge in [0.05, 0.1) is 18.4 Å². The molecule has 0 saturated carbocycles. The minimum absolute atomic E-state index is 0.163. The van der Waals surface area contributed by atoms with Crippen LogP contribution in [-0.4, -0.2) is 43.1 Å². The first-order valence-electron chi connectivity index (χ1n) is 7.87. The molecule has 1 saturated heterocycles. The second kappa shape index (κ2) is 7.28. The summed E-state index contributed by atoms with van der Waals surface area (Å²) in [7, 11) is 0. The minimum Gasteiger partial charge on any atom is -0.376 e. The van der Waals surface area contributed by atoms with E-state index in [2.05, 4.69) is 25.7 Å². The summed E-state index contributed by atoms with van der Waals surface area (Å²) < 4.78 is 25.6. The fourth-order valence-corrected chi connectivity index (χ4v) is 3.28. The Labute approximate surface area is 146 Å². The number of hydrogen-bond donors (Lipinski definition) is 0. The Balaban J connectivity index is 1.39. The van der Waals surface area contributed by atoms with Crippen molar-refractivity contribution in [3.8, 4) is 11.4 Å². The molecule has 8 nitrogen and oxygen atoms in total. The number of tetrazole rings is 1. The lowest BCUT2D eigenvalue weighted by atomic mass is 10.2. The van der Waals surface area contributed by atoms with E-state index in [1.165, 1.54) is 23.9 Å². The van der Waals surface area contributed by atoms with Crippen molar-refractivity contribution in [2.75, 3.05) is 6.61 Å². The molecule has 1 aliphatic heterocycles. The Kier molecular flexibility index (Phi) is 4.70. The molecule has 1 aromatic carbocycles. The van der Waals surface area contributed by atoms with Crippen LogP contribution in [0.4, 0.5) is 4.39 Å². The van der Waals surface area contributed by atoms with E-state index < -0.39 is 0 Å². The van der Waals surface area contributed by atoms with E-state index in [9.17, 15) is 4.39 Å². The number of thioether (sulfide) groups is 1. The second-order valence-electron chi connectivity index (χ2n) is 5.59. The van der Waals surface area contributed by atoms with E-state index in [1.807, 2.05) is 0 Å². The summed E-state index contributed by atoms with van der Waals surface area (Å²) in [4.78, 5) is 4.32. The second-order valence-corrected chi connectivity index (χ2v) is 6.53. The molecular weight excluding hydrogens is 347 g/mol. The third-order valence-electron chi connectivity index (χ3n) is 3.79. The normalized spacial score (nSPS) is 17.2. The molecular formula is C15H15FN6O2S. The zero-order chi connectivity index (χ0) is 17.1. The summed E-state index contributed by atoms with van der Waals surface area (Å²) in [5, 5.41) is 16.4. The number of rotatable bonds is 6. The highest BCUT2D eigenvalue weighted by molar-refractivity contribution is 7.98. The van der Waals surface area contributed by atoms with Gasteiger partial charge in [-0.15, -0.1) is 5.10 Å². The van der Waals surface area contributed by atoms with Crippen molar-refractivity contribution in [2.24, 2.45) is 0 Å². The topological polar surface area (TPSA) is 91.8 Å². The van der Waals surface area contributed by atoms with Gasteiger partial charge in [0.1, 0.15) is 5.82 Å². The van der Waals surface area contributed by atoms with E-state index in [1.54, 1.807) is 16.8 Å². The highest BCUT2D eigenvalue weighted by Crippen LogP contribution is 2.23. The lowest BCUT2D eigenvalue weighted by Crippen LogP contribution is -2.16. The predicted molar refractivity (Wildman–Crippen MR) is 86.0 cm³/mol. The number of halogens is 1. The van der Waals surface area contributed by atoms with Gasteiger partial charge in [0, 0.05) is 12.2 Å². The van der Waals surface area contributed by atoms with Gasteiger partial charge in [-0.2, -0.15) is 4.98 Å². The van der Waals surface area contributed by atoms with Crippen LogP contribution in [0.1, 0.15) is 18.7 Å². The smallest absolute Gasteiger partial charge is 0.237 e. The van der Waals surface area contributed by atoms with Crippen molar-refractivity contribution in [3.63, 3.8) is 0 Å². The molecule has 10 heteroatoms. The van der Waals surface area contributed by atoms with Crippen molar-refractivity contribution in [3.05, 3.63) is 36.0 Å². The molecule has 0 amide bonds. The van der Waals surface area contributed by atoms with Crippen molar-refractivity contribution >= 4 is 11.8 Å².